The zero-order valence-electron chi connectivity index (χ0n) is 14.1. The number of nitrogens with zero attached hydrogens (tertiary/aromatic N) is 1. The Bertz CT molecular complexity index is 724. The van der Waals surface area contributed by atoms with E-state index in [9.17, 15) is 4.79 Å². The molecule has 126 valence electrons. The van der Waals surface area contributed by atoms with Gasteiger partial charge >= 0.3 is 0 Å². The maximum absolute atomic E-state index is 12.4. The Labute approximate surface area is 142 Å². The molecule has 5 heteroatoms. The van der Waals surface area contributed by atoms with Crippen LogP contribution in [-0.4, -0.2) is 30.1 Å². The number of anilines is 2. The van der Waals surface area contributed by atoms with Gasteiger partial charge in [-0.2, -0.15) is 0 Å². The fourth-order valence-electron chi connectivity index (χ4n) is 2.72. The second-order valence-corrected chi connectivity index (χ2v) is 6.23. The first-order valence-electron chi connectivity index (χ1n) is 8.31. The molecular formula is C19H23N3O2. The average molecular weight is 325 g/mol. The first-order valence-corrected chi connectivity index (χ1v) is 8.31. The van der Waals surface area contributed by atoms with E-state index >= 15 is 0 Å². The molecule has 1 saturated heterocycles. The molecule has 1 aliphatic heterocycles. The van der Waals surface area contributed by atoms with Crippen LogP contribution in [0.2, 0.25) is 0 Å². The summed E-state index contributed by atoms with van der Waals surface area (Å²) < 4.78 is 5.59. The van der Waals surface area contributed by atoms with E-state index in [-0.39, 0.29) is 12.0 Å². The van der Waals surface area contributed by atoms with Crippen LogP contribution in [0.15, 0.2) is 36.7 Å². The summed E-state index contributed by atoms with van der Waals surface area (Å²) >= 11 is 0. The van der Waals surface area contributed by atoms with Crippen molar-refractivity contribution >= 4 is 17.3 Å². The van der Waals surface area contributed by atoms with Crippen LogP contribution in [0.25, 0.3) is 0 Å². The van der Waals surface area contributed by atoms with E-state index in [0.29, 0.717) is 5.56 Å². The van der Waals surface area contributed by atoms with E-state index < -0.39 is 0 Å². The highest BCUT2D eigenvalue weighted by atomic mass is 16.5. The van der Waals surface area contributed by atoms with Crippen molar-refractivity contribution < 1.29 is 9.53 Å². The highest BCUT2D eigenvalue weighted by molar-refractivity contribution is 6.04. The first-order chi connectivity index (χ1) is 11.6. The van der Waals surface area contributed by atoms with Gasteiger partial charge < -0.3 is 15.4 Å². The fraction of sp³-hybridized carbons (Fsp3) is 0.368. The summed E-state index contributed by atoms with van der Waals surface area (Å²) in [5, 5.41) is 6.21. The van der Waals surface area contributed by atoms with Gasteiger partial charge in [-0.15, -0.1) is 0 Å². The second kappa shape index (κ2) is 7.45. The van der Waals surface area contributed by atoms with Crippen molar-refractivity contribution in [2.75, 3.05) is 23.8 Å². The summed E-state index contributed by atoms with van der Waals surface area (Å²) in [4.78, 5) is 16.6. The Kier molecular flexibility index (Phi) is 5.11. The molecule has 0 bridgehead atoms. The molecule has 0 saturated carbocycles. The summed E-state index contributed by atoms with van der Waals surface area (Å²) in [5.74, 6) is -0.161. The van der Waals surface area contributed by atoms with Crippen LogP contribution >= 0.6 is 0 Å². The molecule has 0 spiro atoms. The van der Waals surface area contributed by atoms with Gasteiger partial charge in [0.1, 0.15) is 0 Å². The van der Waals surface area contributed by atoms with E-state index in [0.717, 1.165) is 42.9 Å². The quantitative estimate of drug-likeness (QED) is 0.882. The molecule has 1 amide bonds. The zero-order chi connectivity index (χ0) is 16.9. The third kappa shape index (κ3) is 4.11. The lowest BCUT2D eigenvalue weighted by Gasteiger charge is -2.12. The molecule has 2 aromatic rings. The molecule has 1 atom stereocenters. The van der Waals surface area contributed by atoms with Crippen molar-refractivity contribution in [2.24, 2.45) is 0 Å². The van der Waals surface area contributed by atoms with Crippen molar-refractivity contribution in [1.82, 2.24) is 4.98 Å². The third-order valence-electron chi connectivity index (χ3n) is 4.32. The number of aromatic nitrogens is 1. The number of hydrogen-bond donors (Lipinski definition) is 2. The van der Waals surface area contributed by atoms with Gasteiger partial charge in [0.2, 0.25) is 0 Å². The largest absolute Gasteiger partial charge is 0.381 e. The van der Waals surface area contributed by atoms with Gasteiger partial charge in [0, 0.05) is 31.2 Å². The molecule has 24 heavy (non-hydrogen) atoms. The minimum atomic E-state index is -0.161. The van der Waals surface area contributed by atoms with Gasteiger partial charge in [-0.05, 0) is 56.0 Å². The minimum absolute atomic E-state index is 0.161. The van der Waals surface area contributed by atoms with E-state index in [2.05, 4.69) is 15.6 Å². The number of rotatable bonds is 5. The Morgan fingerprint density at radius 1 is 1.21 bits per heavy atom. The number of pyridine rings is 1. The lowest BCUT2D eigenvalue weighted by molar-refractivity contribution is 0.102. The molecule has 0 radical (unpaired) electrons. The summed E-state index contributed by atoms with van der Waals surface area (Å²) in [6, 6.07) is 7.70. The van der Waals surface area contributed by atoms with E-state index in [1.54, 1.807) is 12.4 Å². The standard InChI is InChI=1S/C19H23N3O2/c1-13-5-6-16(8-14(13)2)22-19(23)15-9-17(11-20-10-15)21-12-18-4-3-7-24-18/h5-6,8-11,18,21H,3-4,7,12H2,1-2H3,(H,22,23). The van der Waals surface area contributed by atoms with Crippen molar-refractivity contribution in [3.63, 3.8) is 0 Å². The SMILES string of the molecule is Cc1ccc(NC(=O)c2cncc(NCC3CCCO3)c2)cc1C. The van der Waals surface area contributed by atoms with Crippen LogP contribution in [-0.2, 0) is 4.74 Å². The Hall–Kier alpha value is -2.40. The summed E-state index contributed by atoms with van der Waals surface area (Å²) in [6.07, 6.45) is 5.74. The summed E-state index contributed by atoms with van der Waals surface area (Å²) in [5.41, 5.74) is 4.51. The molecule has 5 nitrogen and oxygen atoms in total. The number of amides is 1. The van der Waals surface area contributed by atoms with Crippen molar-refractivity contribution in [1.29, 1.82) is 0 Å². The maximum atomic E-state index is 12.4. The molecule has 3 rings (SSSR count). The van der Waals surface area contributed by atoms with E-state index in [4.69, 9.17) is 4.74 Å². The van der Waals surface area contributed by atoms with Crippen LogP contribution < -0.4 is 10.6 Å². The first kappa shape index (κ1) is 16.5. The minimum Gasteiger partial charge on any atom is -0.381 e. The van der Waals surface area contributed by atoms with Gasteiger partial charge in [-0.25, -0.2) is 0 Å². The average Bonchev–Trinajstić information content (AvgIpc) is 3.10. The Morgan fingerprint density at radius 2 is 2.08 bits per heavy atom. The van der Waals surface area contributed by atoms with E-state index in [1.807, 2.05) is 38.1 Å². The van der Waals surface area contributed by atoms with Crippen molar-refractivity contribution in [2.45, 2.75) is 32.8 Å². The topological polar surface area (TPSA) is 63.2 Å². The predicted octanol–water partition coefficient (Wildman–Crippen LogP) is 3.54. The number of aryl methyl sites for hydroxylation is 2. The molecule has 1 aromatic carbocycles. The number of carbonyl (C=O) groups is 1. The predicted molar refractivity (Wildman–Crippen MR) is 95.6 cm³/mol. The van der Waals surface area contributed by atoms with Crippen molar-refractivity contribution in [3.8, 4) is 0 Å². The molecule has 1 unspecified atom stereocenters. The van der Waals surface area contributed by atoms with E-state index in [1.165, 1.54) is 5.56 Å². The molecule has 1 fully saturated rings. The van der Waals surface area contributed by atoms with Crippen molar-refractivity contribution in [3.05, 3.63) is 53.3 Å². The number of benzene rings is 1. The van der Waals surface area contributed by atoms with Crippen LogP contribution in [0, 0.1) is 13.8 Å². The monoisotopic (exact) mass is 325 g/mol. The molecule has 1 aromatic heterocycles. The van der Waals surface area contributed by atoms with Crippen LogP contribution in [0.3, 0.4) is 0 Å². The van der Waals surface area contributed by atoms with Gasteiger partial charge in [0.05, 0.1) is 17.4 Å². The van der Waals surface area contributed by atoms with Crippen LogP contribution in [0.5, 0.6) is 0 Å². The molecule has 0 aliphatic carbocycles. The maximum Gasteiger partial charge on any atom is 0.257 e. The molecule has 1 aliphatic rings. The highest BCUT2D eigenvalue weighted by Crippen LogP contribution is 2.17. The Balaban J connectivity index is 1.63. The smallest absolute Gasteiger partial charge is 0.257 e. The molecule has 2 heterocycles. The van der Waals surface area contributed by atoms with Gasteiger partial charge in [-0.3, -0.25) is 9.78 Å². The van der Waals surface area contributed by atoms with Gasteiger partial charge in [0.25, 0.3) is 5.91 Å². The highest BCUT2D eigenvalue weighted by Gasteiger charge is 2.15. The number of hydrogen-bond acceptors (Lipinski definition) is 4. The van der Waals surface area contributed by atoms with Gasteiger partial charge in [0.15, 0.2) is 0 Å². The number of nitrogens with one attached hydrogen (secondary N) is 2. The lowest BCUT2D eigenvalue weighted by Crippen LogP contribution is -2.19. The summed E-state index contributed by atoms with van der Waals surface area (Å²) in [7, 11) is 0. The van der Waals surface area contributed by atoms with Crippen LogP contribution in [0.4, 0.5) is 11.4 Å². The number of carbonyl (C=O) groups excluding carboxylic acids is 1. The Morgan fingerprint density at radius 3 is 2.83 bits per heavy atom. The second-order valence-electron chi connectivity index (χ2n) is 6.23. The normalized spacial score (nSPS) is 16.8. The molecular weight excluding hydrogens is 302 g/mol. The lowest BCUT2D eigenvalue weighted by atomic mass is 10.1. The third-order valence-corrected chi connectivity index (χ3v) is 4.32. The van der Waals surface area contributed by atoms with Gasteiger partial charge in [-0.1, -0.05) is 6.07 Å². The number of ether oxygens (including phenoxy) is 1. The zero-order valence-corrected chi connectivity index (χ0v) is 14.1. The fourth-order valence-corrected chi connectivity index (χ4v) is 2.72. The van der Waals surface area contributed by atoms with Crippen LogP contribution in [0.1, 0.15) is 34.3 Å². The summed E-state index contributed by atoms with van der Waals surface area (Å²) in [6.45, 7) is 5.66. The molecule has 2 N–H and O–H groups in total.